The number of carbonyl (C=O) groups is 1. The Morgan fingerprint density at radius 1 is 1.38 bits per heavy atom. The van der Waals surface area contributed by atoms with Crippen molar-refractivity contribution in [3.8, 4) is 0 Å². The number of esters is 1. The summed E-state index contributed by atoms with van der Waals surface area (Å²) in [6, 6.07) is 0. The van der Waals surface area contributed by atoms with Crippen LogP contribution in [0, 0.1) is 11.3 Å². The van der Waals surface area contributed by atoms with Crippen molar-refractivity contribution in [1.82, 2.24) is 0 Å². The van der Waals surface area contributed by atoms with Crippen LogP contribution < -0.4 is 0 Å². The van der Waals surface area contributed by atoms with Crippen molar-refractivity contribution in [2.24, 2.45) is 11.3 Å². The van der Waals surface area contributed by atoms with Gasteiger partial charge in [-0.3, -0.25) is 4.79 Å². The van der Waals surface area contributed by atoms with E-state index in [1.165, 1.54) is 12.8 Å². The summed E-state index contributed by atoms with van der Waals surface area (Å²) in [5.74, 6) is 0.390. The Balaban J connectivity index is 2.74. The molecule has 0 aliphatic heterocycles. The number of ether oxygens (including phenoxy) is 1. The Morgan fingerprint density at radius 3 is 2.25 bits per heavy atom. The first-order valence-electron chi connectivity index (χ1n) is 6.13. The standard InChI is InChI=1S/C13H23IO2/c1-10(2)13(7-5-6-8-13)16-11(15)12(3,4)9-14/h10H,5-9H2,1-4H3. The van der Waals surface area contributed by atoms with E-state index in [0.29, 0.717) is 5.92 Å². The second kappa shape index (κ2) is 5.23. The molecule has 0 N–H and O–H groups in total. The van der Waals surface area contributed by atoms with E-state index in [9.17, 15) is 4.79 Å². The van der Waals surface area contributed by atoms with Gasteiger partial charge in [0.2, 0.25) is 0 Å². The van der Waals surface area contributed by atoms with Gasteiger partial charge in [-0.1, -0.05) is 36.4 Å². The first kappa shape index (κ1) is 14.3. The molecule has 0 aromatic rings. The Bertz CT molecular complexity index is 253. The van der Waals surface area contributed by atoms with E-state index in [0.717, 1.165) is 17.3 Å². The van der Waals surface area contributed by atoms with Crippen LogP contribution in [-0.4, -0.2) is 16.0 Å². The molecule has 1 fully saturated rings. The highest BCUT2D eigenvalue weighted by Crippen LogP contribution is 2.40. The summed E-state index contributed by atoms with van der Waals surface area (Å²) in [7, 11) is 0. The third-order valence-corrected chi connectivity index (χ3v) is 5.59. The molecule has 0 saturated heterocycles. The molecule has 16 heavy (non-hydrogen) atoms. The van der Waals surface area contributed by atoms with Crippen LogP contribution in [0.4, 0.5) is 0 Å². The van der Waals surface area contributed by atoms with E-state index < -0.39 is 0 Å². The Kier molecular flexibility index (Phi) is 4.66. The van der Waals surface area contributed by atoms with Gasteiger partial charge in [0.15, 0.2) is 0 Å². The summed E-state index contributed by atoms with van der Waals surface area (Å²) >= 11 is 2.25. The maximum Gasteiger partial charge on any atom is 0.312 e. The van der Waals surface area contributed by atoms with Gasteiger partial charge in [-0.15, -0.1) is 0 Å². The van der Waals surface area contributed by atoms with Gasteiger partial charge in [0, 0.05) is 4.43 Å². The fourth-order valence-electron chi connectivity index (χ4n) is 2.15. The molecule has 0 heterocycles. The number of carbonyl (C=O) groups excluding carboxylic acids is 1. The molecule has 0 aromatic carbocycles. The maximum absolute atomic E-state index is 12.1. The van der Waals surface area contributed by atoms with E-state index >= 15 is 0 Å². The fourth-order valence-corrected chi connectivity index (χ4v) is 2.46. The minimum Gasteiger partial charge on any atom is -0.458 e. The fraction of sp³-hybridized carbons (Fsp3) is 0.923. The van der Waals surface area contributed by atoms with Crippen LogP contribution in [0.25, 0.3) is 0 Å². The van der Waals surface area contributed by atoms with Gasteiger partial charge in [0.1, 0.15) is 5.60 Å². The van der Waals surface area contributed by atoms with Gasteiger partial charge >= 0.3 is 5.97 Å². The lowest BCUT2D eigenvalue weighted by atomic mass is 9.87. The Hall–Kier alpha value is 0.200. The second-order valence-corrected chi connectivity index (χ2v) is 6.60. The molecule has 0 aromatic heterocycles. The molecule has 0 bridgehead atoms. The number of hydrogen-bond donors (Lipinski definition) is 0. The molecule has 1 rings (SSSR count). The van der Waals surface area contributed by atoms with Crippen LogP contribution in [0.3, 0.4) is 0 Å². The third kappa shape index (κ3) is 2.90. The topological polar surface area (TPSA) is 26.3 Å². The van der Waals surface area contributed by atoms with Gasteiger partial charge in [-0.2, -0.15) is 0 Å². The lowest BCUT2D eigenvalue weighted by molar-refractivity contribution is -0.173. The lowest BCUT2D eigenvalue weighted by Gasteiger charge is -2.36. The van der Waals surface area contributed by atoms with Crippen molar-refractivity contribution in [3.05, 3.63) is 0 Å². The minimum atomic E-state index is -0.356. The summed E-state index contributed by atoms with van der Waals surface area (Å²) in [6.45, 7) is 8.25. The van der Waals surface area contributed by atoms with E-state index in [-0.39, 0.29) is 17.0 Å². The molecule has 3 heteroatoms. The van der Waals surface area contributed by atoms with Crippen molar-refractivity contribution in [1.29, 1.82) is 0 Å². The molecule has 1 saturated carbocycles. The van der Waals surface area contributed by atoms with Crippen molar-refractivity contribution >= 4 is 28.6 Å². The molecule has 1 aliphatic carbocycles. The summed E-state index contributed by atoms with van der Waals surface area (Å²) < 4.78 is 6.68. The molecule has 0 amide bonds. The molecular formula is C13H23IO2. The summed E-state index contributed by atoms with van der Waals surface area (Å²) in [6.07, 6.45) is 4.45. The zero-order chi connectivity index (χ0) is 12.4. The highest BCUT2D eigenvalue weighted by molar-refractivity contribution is 14.1. The zero-order valence-electron chi connectivity index (χ0n) is 10.8. The highest BCUT2D eigenvalue weighted by Gasteiger charge is 2.43. The normalized spacial score (nSPS) is 20.1. The molecule has 0 unspecified atom stereocenters. The van der Waals surface area contributed by atoms with E-state index in [2.05, 4.69) is 36.4 Å². The van der Waals surface area contributed by atoms with Gasteiger partial charge in [-0.05, 0) is 45.4 Å². The minimum absolute atomic E-state index is 0.0301. The number of alkyl halides is 1. The van der Waals surface area contributed by atoms with Crippen molar-refractivity contribution < 1.29 is 9.53 Å². The van der Waals surface area contributed by atoms with E-state index in [1.54, 1.807) is 0 Å². The molecule has 1 aliphatic rings. The predicted octanol–water partition coefficient (Wildman–Crippen LogP) is 3.96. The summed E-state index contributed by atoms with van der Waals surface area (Å²) in [4.78, 5) is 12.1. The first-order chi connectivity index (χ1) is 7.34. The zero-order valence-corrected chi connectivity index (χ0v) is 13.0. The van der Waals surface area contributed by atoms with E-state index in [1.807, 2.05) is 13.8 Å². The number of halogens is 1. The van der Waals surface area contributed by atoms with Crippen LogP contribution in [0.1, 0.15) is 53.4 Å². The largest absolute Gasteiger partial charge is 0.458 e. The van der Waals surface area contributed by atoms with Gasteiger partial charge < -0.3 is 4.74 Å². The Morgan fingerprint density at radius 2 is 1.88 bits per heavy atom. The van der Waals surface area contributed by atoms with Crippen molar-refractivity contribution in [2.75, 3.05) is 4.43 Å². The summed E-state index contributed by atoms with van der Waals surface area (Å²) in [5, 5.41) is 0. The van der Waals surface area contributed by atoms with Crippen LogP contribution in [0.15, 0.2) is 0 Å². The monoisotopic (exact) mass is 338 g/mol. The van der Waals surface area contributed by atoms with Crippen molar-refractivity contribution in [3.63, 3.8) is 0 Å². The van der Waals surface area contributed by atoms with Crippen molar-refractivity contribution in [2.45, 2.75) is 59.0 Å². The quantitative estimate of drug-likeness (QED) is 0.441. The molecule has 94 valence electrons. The highest BCUT2D eigenvalue weighted by atomic mass is 127. The van der Waals surface area contributed by atoms with Crippen LogP contribution in [0.5, 0.6) is 0 Å². The molecule has 0 radical (unpaired) electrons. The average molecular weight is 338 g/mol. The van der Waals surface area contributed by atoms with Crippen LogP contribution in [-0.2, 0) is 9.53 Å². The van der Waals surface area contributed by atoms with Gasteiger partial charge in [0.05, 0.1) is 5.41 Å². The molecule has 0 spiro atoms. The Labute approximate surface area is 113 Å². The SMILES string of the molecule is CC(C)C1(OC(=O)C(C)(C)CI)CCCC1. The van der Waals surface area contributed by atoms with Gasteiger partial charge in [0.25, 0.3) is 0 Å². The first-order valence-corrected chi connectivity index (χ1v) is 7.66. The number of rotatable bonds is 4. The average Bonchev–Trinajstić information content (AvgIpc) is 2.67. The van der Waals surface area contributed by atoms with Crippen LogP contribution in [0.2, 0.25) is 0 Å². The predicted molar refractivity (Wildman–Crippen MR) is 74.8 cm³/mol. The molecular weight excluding hydrogens is 315 g/mol. The smallest absolute Gasteiger partial charge is 0.312 e. The molecule has 0 atom stereocenters. The van der Waals surface area contributed by atoms with E-state index in [4.69, 9.17) is 4.74 Å². The molecule has 2 nitrogen and oxygen atoms in total. The second-order valence-electron chi connectivity index (χ2n) is 5.83. The van der Waals surface area contributed by atoms with Crippen LogP contribution >= 0.6 is 22.6 Å². The maximum atomic E-state index is 12.1. The van der Waals surface area contributed by atoms with Gasteiger partial charge in [-0.25, -0.2) is 0 Å². The summed E-state index contributed by atoms with van der Waals surface area (Å²) in [5.41, 5.74) is -0.537. The lowest BCUT2D eigenvalue weighted by Crippen LogP contribution is -2.42. The number of hydrogen-bond acceptors (Lipinski definition) is 2. The third-order valence-electron chi connectivity index (χ3n) is 3.68.